The lowest BCUT2D eigenvalue weighted by atomic mass is 10.1. The number of halogens is 4. The molecule has 0 saturated heterocycles. The number of benzene rings is 1. The quantitative estimate of drug-likeness (QED) is 0.591. The molecule has 2 aromatic rings. The summed E-state index contributed by atoms with van der Waals surface area (Å²) >= 11 is 0.930. The van der Waals surface area contributed by atoms with Gasteiger partial charge in [-0.15, -0.1) is 0 Å². The van der Waals surface area contributed by atoms with Gasteiger partial charge in [-0.05, 0) is 18.2 Å². The Morgan fingerprint density at radius 1 is 1.18 bits per heavy atom. The second kappa shape index (κ2) is 4.52. The Morgan fingerprint density at radius 2 is 1.94 bits per heavy atom. The van der Waals surface area contributed by atoms with Crippen LogP contribution in [-0.4, -0.2) is 11.0 Å². The zero-order valence-electron chi connectivity index (χ0n) is 8.46. The number of hydrogen-bond donors (Lipinski definition) is 0. The maximum absolute atomic E-state index is 12.5. The van der Waals surface area contributed by atoms with Crippen molar-refractivity contribution in [3.05, 3.63) is 36.0 Å². The molecule has 0 atom stereocenters. The van der Waals surface area contributed by atoms with Crippen LogP contribution in [-0.2, 0) is 6.18 Å². The van der Waals surface area contributed by atoms with Gasteiger partial charge < -0.3 is 0 Å². The number of fused-ring (bicyclic) bond motifs is 1. The van der Waals surface area contributed by atoms with Gasteiger partial charge in [0, 0.05) is 16.5 Å². The highest BCUT2D eigenvalue weighted by atomic mass is 32.2. The summed E-state index contributed by atoms with van der Waals surface area (Å²) in [4.78, 5) is 4.45. The third-order valence-corrected chi connectivity index (χ3v) is 3.02. The highest BCUT2D eigenvalue weighted by Gasteiger charge is 2.30. The predicted molar refractivity (Wildman–Crippen MR) is 58.6 cm³/mol. The molecule has 0 aliphatic carbocycles. The summed E-state index contributed by atoms with van der Waals surface area (Å²) in [7, 11) is 0. The molecule has 0 unspecified atom stereocenters. The van der Waals surface area contributed by atoms with Crippen LogP contribution in [0.5, 0.6) is 0 Å². The van der Waals surface area contributed by atoms with Crippen molar-refractivity contribution < 1.29 is 17.6 Å². The van der Waals surface area contributed by atoms with Crippen LogP contribution >= 0.6 is 11.8 Å². The van der Waals surface area contributed by atoms with Crippen molar-refractivity contribution in [3.63, 3.8) is 0 Å². The third kappa shape index (κ3) is 2.52. The minimum Gasteiger partial charge on any atom is -0.256 e. The lowest BCUT2D eigenvalue weighted by Gasteiger charge is -2.08. The van der Waals surface area contributed by atoms with E-state index in [1.807, 2.05) is 0 Å². The number of aromatic nitrogens is 1. The fourth-order valence-electron chi connectivity index (χ4n) is 1.48. The van der Waals surface area contributed by atoms with E-state index in [2.05, 4.69) is 4.98 Å². The summed E-state index contributed by atoms with van der Waals surface area (Å²) in [6.07, 6.45) is -3.01. The summed E-state index contributed by atoms with van der Waals surface area (Å²) < 4.78 is 49.7. The smallest absolute Gasteiger partial charge is 0.256 e. The van der Waals surface area contributed by atoms with E-state index < -0.39 is 17.7 Å². The van der Waals surface area contributed by atoms with Crippen molar-refractivity contribution >= 4 is 22.7 Å². The Bertz CT molecular complexity index is 538. The average molecular weight is 261 g/mol. The van der Waals surface area contributed by atoms with Crippen molar-refractivity contribution in [2.75, 3.05) is 6.01 Å². The van der Waals surface area contributed by atoms with Crippen LogP contribution < -0.4 is 0 Å². The van der Waals surface area contributed by atoms with Crippen LogP contribution in [0.25, 0.3) is 10.9 Å². The molecule has 1 aromatic heterocycles. The molecule has 0 saturated carbocycles. The van der Waals surface area contributed by atoms with E-state index in [0.29, 0.717) is 10.3 Å². The molecule has 17 heavy (non-hydrogen) atoms. The first-order valence-electron chi connectivity index (χ1n) is 4.67. The monoisotopic (exact) mass is 261 g/mol. The zero-order valence-corrected chi connectivity index (χ0v) is 9.28. The standard InChI is InChI=1S/C11H7F4NS/c12-6-17-10-3-4-16-9-5-7(11(13,14)15)1-2-8(9)10/h1-5H,6H2. The molecule has 0 fully saturated rings. The third-order valence-electron chi connectivity index (χ3n) is 2.24. The van der Waals surface area contributed by atoms with Gasteiger partial charge in [-0.1, -0.05) is 17.8 Å². The Morgan fingerprint density at radius 3 is 2.59 bits per heavy atom. The topological polar surface area (TPSA) is 12.9 Å². The Hall–Kier alpha value is -1.30. The number of alkyl halides is 4. The number of hydrogen-bond acceptors (Lipinski definition) is 2. The maximum atomic E-state index is 12.5. The first-order chi connectivity index (χ1) is 8.02. The molecule has 0 aliphatic rings. The maximum Gasteiger partial charge on any atom is 0.416 e. The van der Waals surface area contributed by atoms with Crippen LogP contribution in [0.3, 0.4) is 0 Å². The first kappa shape index (κ1) is 12.2. The second-order valence-electron chi connectivity index (χ2n) is 3.29. The van der Waals surface area contributed by atoms with Crippen molar-refractivity contribution in [3.8, 4) is 0 Å². The van der Waals surface area contributed by atoms with E-state index in [0.717, 1.165) is 23.9 Å². The van der Waals surface area contributed by atoms with Crippen molar-refractivity contribution in [1.29, 1.82) is 0 Å². The van der Waals surface area contributed by atoms with Gasteiger partial charge in [-0.2, -0.15) is 13.2 Å². The summed E-state index contributed by atoms with van der Waals surface area (Å²) in [5.41, 5.74) is -0.529. The highest BCUT2D eigenvalue weighted by Crippen LogP contribution is 2.33. The van der Waals surface area contributed by atoms with Crippen LogP contribution in [0, 0.1) is 0 Å². The van der Waals surface area contributed by atoms with E-state index >= 15 is 0 Å². The van der Waals surface area contributed by atoms with E-state index in [-0.39, 0.29) is 5.52 Å². The fraction of sp³-hybridized carbons (Fsp3) is 0.182. The fourth-order valence-corrected chi connectivity index (χ4v) is 2.09. The molecule has 0 radical (unpaired) electrons. The number of thioether (sulfide) groups is 1. The van der Waals surface area contributed by atoms with Gasteiger partial charge in [0.15, 0.2) is 0 Å². The number of pyridine rings is 1. The molecule has 0 N–H and O–H groups in total. The molecule has 0 spiro atoms. The lowest BCUT2D eigenvalue weighted by Crippen LogP contribution is -2.04. The van der Waals surface area contributed by atoms with Gasteiger partial charge in [0.2, 0.25) is 0 Å². The summed E-state index contributed by atoms with van der Waals surface area (Å²) in [6.45, 7) is 0. The lowest BCUT2D eigenvalue weighted by molar-refractivity contribution is -0.137. The second-order valence-corrected chi connectivity index (χ2v) is 4.24. The minimum absolute atomic E-state index is 0.221. The zero-order chi connectivity index (χ0) is 12.5. The molecular formula is C11H7F4NS. The Kier molecular flexibility index (Phi) is 3.24. The largest absolute Gasteiger partial charge is 0.416 e. The van der Waals surface area contributed by atoms with Gasteiger partial charge in [0.05, 0.1) is 11.1 Å². The number of nitrogens with zero attached hydrogens (tertiary/aromatic N) is 1. The van der Waals surface area contributed by atoms with Crippen LogP contribution in [0.15, 0.2) is 35.4 Å². The molecule has 0 amide bonds. The molecular weight excluding hydrogens is 254 g/mol. The molecule has 90 valence electrons. The van der Waals surface area contributed by atoms with Crippen molar-refractivity contribution in [2.24, 2.45) is 0 Å². The molecule has 0 aliphatic heterocycles. The van der Waals surface area contributed by atoms with Crippen molar-refractivity contribution in [2.45, 2.75) is 11.1 Å². The molecule has 2 rings (SSSR count). The summed E-state index contributed by atoms with van der Waals surface area (Å²) in [6, 6.07) is 4.23. The van der Waals surface area contributed by atoms with E-state index in [4.69, 9.17) is 0 Å². The molecule has 6 heteroatoms. The average Bonchev–Trinajstić information content (AvgIpc) is 2.28. The van der Waals surface area contributed by atoms with Crippen LogP contribution in [0.2, 0.25) is 0 Å². The Labute approximate surface area is 98.8 Å². The highest BCUT2D eigenvalue weighted by molar-refractivity contribution is 7.99. The molecule has 1 nitrogen and oxygen atoms in total. The normalized spacial score (nSPS) is 12.0. The number of rotatable bonds is 2. The molecule has 1 heterocycles. The van der Waals surface area contributed by atoms with Crippen LogP contribution in [0.4, 0.5) is 17.6 Å². The summed E-state index contributed by atoms with van der Waals surface area (Å²) in [5.74, 6) is 0. The molecule has 1 aromatic carbocycles. The van der Waals surface area contributed by atoms with Gasteiger partial charge >= 0.3 is 6.18 Å². The first-order valence-corrected chi connectivity index (χ1v) is 5.65. The van der Waals surface area contributed by atoms with E-state index in [1.165, 1.54) is 12.3 Å². The van der Waals surface area contributed by atoms with Crippen molar-refractivity contribution in [1.82, 2.24) is 4.98 Å². The SMILES string of the molecule is FCSc1ccnc2cc(C(F)(F)F)ccc12. The molecule has 0 bridgehead atoms. The van der Waals surface area contributed by atoms with E-state index in [1.54, 1.807) is 6.07 Å². The van der Waals surface area contributed by atoms with Gasteiger partial charge in [0.25, 0.3) is 0 Å². The van der Waals surface area contributed by atoms with Gasteiger partial charge in [0.1, 0.15) is 6.01 Å². The van der Waals surface area contributed by atoms with Crippen LogP contribution in [0.1, 0.15) is 5.56 Å². The predicted octanol–water partition coefficient (Wildman–Crippen LogP) is 4.27. The summed E-state index contributed by atoms with van der Waals surface area (Å²) in [5, 5.41) is 0.531. The van der Waals surface area contributed by atoms with Gasteiger partial charge in [-0.25, -0.2) is 4.39 Å². The Balaban J connectivity index is 2.57. The minimum atomic E-state index is -4.39. The van der Waals surface area contributed by atoms with Gasteiger partial charge in [-0.3, -0.25) is 4.98 Å². The van der Waals surface area contributed by atoms with E-state index in [9.17, 15) is 17.6 Å².